The average Bonchev–Trinajstić information content (AvgIpc) is 2.96. The largest absolute Gasteiger partial charge is 0.369 e. The van der Waals surface area contributed by atoms with Crippen LogP contribution in [0.2, 0.25) is 0 Å². The molecular weight excluding hydrogens is 198 g/mol. The van der Waals surface area contributed by atoms with Crippen LogP contribution in [0.5, 0.6) is 0 Å². The van der Waals surface area contributed by atoms with Gasteiger partial charge in [0.15, 0.2) is 0 Å². The highest BCUT2D eigenvalue weighted by molar-refractivity contribution is 5.40. The molecule has 3 nitrogen and oxygen atoms in total. The number of aryl methyl sites for hydroxylation is 2. The van der Waals surface area contributed by atoms with Crippen molar-refractivity contribution in [1.29, 1.82) is 0 Å². The number of nitrogens with zero attached hydrogens (tertiary/aromatic N) is 1. The summed E-state index contributed by atoms with van der Waals surface area (Å²) in [6.45, 7) is 1.78. The number of hydrogen-bond donors (Lipinski definition) is 2. The second kappa shape index (κ2) is 3.74. The number of aromatic nitrogens is 1. The van der Waals surface area contributed by atoms with Gasteiger partial charge in [0, 0.05) is 12.2 Å². The highest BCUT2D eigenvalue weighted by Crippen LogP contribution is 2.44. The van der Waals surface area contributed by atoms with Crippen molar-refractivity contribution >= 4 is 5.82 Å². The first-order valence-corrected chi connectivity index (χ1v) is 6.24. The van der Waals surface area contributed by atoms with Crippen molar-refractivity contribution in [2.24, 2.45) is 11.1 Å². The number of nitrogens with one attached hydrogen (secondary N) is 1. The Kier molecular flexibility index (Phi) is 2.36. The molecule has 1 fully saturated rings. The number of pyridine rings is 1. The third-order valence-electron chi connectivity index (χ3n) is 3.96. The maximum atomic E-state index is 5.76. The van der Waals surface area contributed by atoms with Gasteiger partial charge in [-0.25, -0.2) is 4.98 Å². The summed E-state index contributed by atoms with van der Waals surface area (Å²) >= 11 is 0. The van der Waals surface area contributed by atoms with E-state index in [2.05, 4.69) is 22.4 Å². The summed E-state index contributed by atoms with van der Waals surface area (Å²) in [7, 11) is 0. The Morgan fingerprint density at radius 1 is 1.31 bits per heavy atom. The van der Waals surface area contributed by atoms with E-state index in [0.717, 1.165) is 25.3 Å². The van der Waals surface area contributed by atoms with Crippen molar-refractivity contribution in [3.8, 4) is 0 Å². The van der Waals surface area contributed by atoms with Gasteiger partial charge in [0.2, 0.25) is 0 Å². The lowest BCUT2D eigenvalue weighted by atomic mass is 10.1. The van der Waals surface area contributed by atoms with Crippen LogP contribution in [0.1, 0.15) is 30.5 Å². The standard InChI is InChI=1S/C13H19N3/c14-8-13(6-7-13)9-15-12-5-4-10-2-1-3-11(10)16-12/h4-5H,1-3,6-9,14H2,(H,15,16). The van der Waals surface area contributed by atoms with E-state index in [4.69, 9.17) is 5.73 Å². The summed E-state index contributed by atoms with van der Waals surface area (Å²) < 4.78 is 0. The molecule has 0 aromatic carbocycles. The molecule has 1 heterocycles. The highest BCUT2D eigenvalue weighted by Gasteiger charge is 2.40. The molecule has 0 atom stereocenters. The Hall–Kier alpha value is -1.09. The zero-order valence-corrected chi connectivity index (χ0v) is 9.63. The number of hydrogen-bond acceptors (Lipinski definition) is 3. The van der Waals surface area contributed by atoms with Gasteiger partial charge in [-0.1, -0.05) is 6.07 Å². The molecule has 3 N–H and O–H groups in total. The second-order valence-electron chi connectivity index (χ2n) is 5.21. The molecule has 16 heavy (non-hydrogen) atoms. The first kappa shape index (κ1) is 10.1. The first-order chi connectivity index (χ1) is 7.81. The summed E-state index contributed by atoms with van der Waals surface area (Å²) in [5.74, 6) is 1.03. The zero-order chi connectivity index (χ0) is 11.0. The Bertz CT molecular complexity index is 396. The Labute approximate surface area is 96.4 Å². The monoisotopic (exact) mass is 217 g/mol. The summed E-state index contributed by atoms with van der Waals surface area (Å²) in [6.07, 6.45) is 6.14. The maximum Gasteiger partial charge on any atom is 0.126 e. The van der Waals surface area contributed by atoms with Crippen LogP contribution in [-0.2, 0) is 12.8 Å². The van der Waals surface area contributed by atoms with Crippen LogP contribution in [0, 0.1) is 5.41 Å². The van der Waals surface area contributed by atoms with Gasteiger partial charge in [0.05, 0.1) is 0 Å². The van der Waals surface area contributed by atoms with Crippen LogP contribution in [-0.4, -0.2) is 18.1 Å². The van der Waals surface area contributed by atoms with Crippen LogP contribution >= 0.6 is 0 Å². The fraction of sp³-hybridized carbons (Fsp3) is 0.615. The predicted molar refractivity (Wildman–Crippen MR) is 65.5 cm³/mol. The van der Waals surface area contributed by atoms with Crippen LogP contribution in [0.15, 0.2) is 12.1 Å². The lowest BCUT2D eigenvalue weighted by Crippen LogP contribution is -2.24. The van der Waals surface area contributed by atoms with Crippen molar-refractivity contribution in [3.63, 3.8) is 0 Å². The van der Waals surface area contributed by atoms with Crippen LogP contribution in [0.3, 0.4) is 0 Å². The van der Waals surface area contributed by atoms with Crippen molar-refractivity contribution in [3.05, 3.63) is 23.4 Å². The quantitative estimate of drug-likeness (QED) is 0.807. The van der Waals surface area contributed by atoms with Gasteiger partial charge in [0.25, 0.3) is 0 Å². The second-order valence-corrected chi connectivity index (χ2v) is 5.21. The van der Waals surface area contributed by atoms with Gasteiger partial charge in [0.1, 0.15) is 5.82 Å². The van der Waals surface area contributed by atoms with Crippen LogP contribution < -0.4 is 11.1 Å². The number of rotatable bonds is 4. The van der Waals surface area contributed by atoms with Gasteiger partial charge in [-0.3, -0.25) is 0 Å². The highest BCUT2D eigenvalue weighted by atomic mass is 15.0. The first-order valence-electron chi connectivity index (χ1n) is 6.24. The van der Waals surface area contributed by atoms with E-state index in [1.165, 1.54) is 36.9 Å². The van der Waals surface area contributed by atoms with E-state index in [0.29, 0.717) is 5.41 Å². The normalized spacial score (nSPS) is 20.6. The fourth-order valence-electron chi connectivity index (χ4n) is 2.43. The minimum atomic E-state index is 0.376. The minimum absolute atomic E-state index is 0.376. The molecule has 3 rings (SSSR count). The minimum Gasteiger partial charge on any atom is -0.369 e. The molecule has 0 amide bonds. The zero-order valence-electron chi connectivity index (χ0n) is 9.63. The van der Waals surface area contributed by atoms with Gasteiger partial charge >= 0.3 is 0 Å². The SMILES string of the molecule is NCC1(CNc2ccc3c(n2)CCC3)CC1. The molecule has 1 saturated carbocycles. The molecule has 2 aliphatic carbocycles. The number of anilines is 1. The van der Waals surface area contributed by atoms with Crippen molar-refractivity contribution in [2.75, 3.05) is 18.4 Å². The number of nitrogens with two attached hydrogens (primary N) is 1. The molecule has 0 spiro atoms. The summed E-state index contributed by atoms with van der Waals surface area (Å²) in [5, 5.41) is 3.44. The van der Waals surface area contributed by atoms with E-state index in [1.54, 1.807) is 0 Å². The molecule has 1 aromatic heterocycles. The van der Waals surface area contributed by atoms with Crippen molar-refractivity contribution in [1.82, 2.24) is 4.98 Å². The van der Waals surface area contributed by atoms with Crippen LogP contribution in [0.4, 0.5) is 5.82 Å². The van der Waals surface area contributed by atoms with E-state index in [-0.39, 0.29) is 0 Å². The van der Waals surface area contributed by atoms with Crippen molar-refractivity contribution in [2.45, 2.75) is 32.1 Å². The molecule has 3 heteroatoms. The molecule has 0 saturated heterocycles. The lowest BCUT2D eigenvalue weighted by Gasteiger charge is -2.14. The third-order valence-corrected chi connectivity index (χ3v) is 3.96. The van der Waals surface area contributed by atoms with Gasteiger partial charge < -0.3 is 11.1 Å². The molecule has 1 aromatic rings. The summed E-state index contributed by atoms with van der Waals surface area (Å²) in [4.78, 5) is 4.67. The predicted octanol–water partition coefficient (Wildman–Crippen LogP) is 1.72. The molecule has 0 radical (unpaired) electrons. The summed E-state index contributed by atoms with van der Waals surface area (Å²) in [5.41, 5.74) is 8.87. The smallest absolute Gasteiger partial charge is 0.126 e. The average molecular weight is 217 g/mol. The van der Waals surface area contributed by atoms with E-state index in [9.17, 15) is 0 Å². The molecule has 0 aliphatic heterocycles. The third kappa shape index (κ3) is 1.80. The molecule has 0 unspecified atom stereocenters. The Balaban J connectivity index is 1.66. The topological polar surface area (TPSA) is 50.9 Å². The van der Waals surface area contributed by atoms with Gasteiger partial charge in [-0.2, -0.15) is 0 Å². The Morgan fingerprint density at radius 2 is 2.19 bits per heavy atom. The fourth-order valence-corrected chi connectivity index (χ4v) is 2.43. The molecule has 86 valence electrons. The maximum absolute atomic E-state index is 5.76. The van der Waals surface area contributed by atoms with Gasteiger partial charge in [-0.05, 0) is 55.7 Å². The number of fused-ring (bicyclic) bond motifs is 1. The lowest BCUT2D eigenvalue weighted by molar-refractivity contribution is 0.555. The molecule has 2 aliphatic rings. The summed E-state index contributed by atoms with van der Waals surface area (Å²) in [6, 6.07) is 4.33. The van der Waals surface area contributed by atoms with E-state index in [1.807, 2.05) is 0 Å². The van der Waals surface area contributed by atoms with Gasteiger partial charge in [-0.15, -0.1) is 0 Å². The Morgan fingerprint density at radius 3 is 2.94 bits per heavy atom. The molecular formula is C13H19N3. The van der Waals surface area contributed by atoms with E-state index >= 15 is 0 Å². The molecule has 0 bridgehead atoms. The van der Waals surface area contributed by atoms with Crippen molar-refractivity contribution < 1.29 is 0 Å². The van der Waals surface area contributed by atoms with Crippen LogP contribution in [0.25, 0.3) is 0 Å². The van der Waals surface area contributed by atoms with E-state index < -0.39 is 0 Å².